The molecule has 0 aliphatic carbocycles. The lowest BCUT2D eigenvalue weighted by Crippen LogP contribution is -1.83. The molecular weight excluding hydrogens is 266 g/mol. The molecule has 4 aromatic rings. The fourth-order valence-electron chi connectivity index (χ4n) is 2.87. The van der Waals surface area contributed by atoms with Crippen LogP contribution < -0.4 is 0 Å². The van der Waals surface area contributed by atoms with Gasteiger partial charge in [-0.05, 0) is 51.4 Å². The smallest absolute Gasteiger partial charge is 0.0629 e. The zero-order valence-electron chi connectivity index (χ0n) is 12.1. The summed E-state index contributed by atoms with van der Waals surface area (Å²) < 4.78 is 0. The number of hydrogen-bond donors (Lipinski definition) is 0. The van der Waals surface area contributed by atoms with Gasteiger partial charge in [-0.3, -0.25) is 4.98 Å². The average molecular weight is 281 g/mol. The van der Waals surface area contributed by atoms with Gasteiger partial charge in [0.05, 0.1) is 5.69 Å². The van der Waals surface area contributed by atoms with Gasteiger partial charge in [-0.25, -0.2) is 0 Å². The Labute approximate surface area is 129 Å². The Bertz CT molecular complexity index is 915. The van der Waals surface area contributed by atoms with Crippen LogP contribution in [0.4, 0.5) is 0 Å². The normalized spacial score (nSPS) is 11.5. The number of hydrogen-bond acceptors (Lipinski definition) is 1. The molecule has 1 heteroatoms. The van der Waals surface area contributed by atoms with E-state index in [1.54, 1.807) is 0 Å². The highest BCUT2D eigenvalue weighted by Crippen LogP contribution is 2.29. The van der Waals surface area contributed by atoms with Crippen LogP contribution in [0.2, 0.25) is 0 Å². The molecule has 0 radical (unpaired) electrons. The van der Waals surface area contributed by atoms with Crippen molar-refractivity contribution in [1.29, 1.82) is 0 Å². The fourth-order valence-corrected chi connectivity index (χ4v) is 2.87. The van der Waals surface area contributed by atoms with Crippen molar-refractivity contribution in [3.8, 4) is 0 Å². The van der Waals surface area contributed by atoms with Gasteiger partial charge in [0.15, 0.2) is 0 Å². The summed E-state index contributed by atoms with van der Waals surface area (Å²) in [6.07, 6.45) is 6.07. The summed E-state index contributed by atoms with van der Waals surface area (Å²) in [5.41, 5.74) is 2.22. The van der Waals surface area contributed by atoms with E-state index in [1.165, 1.54) is 27.1 Å². The van der Waals surface area contributed by atoms with Gasteiger partial charge >= 0.3 is 0 Å². The lowest BCUT2D eigenvalue weighted by molar-refractivity contribution is 1.30. The van der Waals surface area contributed by atoms with Gasteiger partial charge in [0.25, 0.3) is 0 Å². The third kappa shape index (κ3) is 2.27. The van der Waals surface area contributed by atoms with E-state index in [2.05, 4.69) is 71.7 Å². The average Bonchev–Trinajstić information content (AvgIpc) is 2.59. The third-order valence-corrected chi connectivity index (χ3v) is 3.92. The zero-order chi connectivity index (χ0) is 14.8. The van der Waals surface area contributed by atoms with Gasteiger partial charge in [0, 0.05) is 6.20 Å². The maximum atomic E-state index is 4.37. The maximum Gasteiger partial charge on any atom is 0.0629 e. The van der Waals surface area contributed by atoms with E-state index in [9.17, 15) is 0 Å². The Hall–Kier alpha value is -2.93. The molecule has 0 saturated carbocycles. The summed E-state index contributed by atoms with van der Waals surface area (Å²) in [6.45, 7) is 0. The number of nitrogens with zero attached hydrogens (tertiary/aromatic N) is 1. The van der Waals surface area contributed by atoms with E-state index in [1.807, 2.05) is 24.4 Å². The Morgan fingerprint density at radius 2 is 1.27 bits per heavy atom. The van der Waals surface area contributed by atoms with E-state index in [-0.39, 0.29) is 0 Å². The summed E-state index contributed by atoms with van der Waals surface area (Å²) in [6, 6.07) is 25.3. The fraction of sp³-hybridized carbons (Fsp3) is 0. The lowest BCUT2D eigenvalue weighted by atomic mass is 9.96. The van der Waals surface area contributed by atoms with Crippen LogP contribution in [0.5, 0.6) is 0 Å². The molecule has 1 nitrogen and oxygen atoms in total. The monoisotopic (exact) mass is 281 g/mol. The molecule has 0 aliphatic heterocycles. The van der Waals surface area contributed by atoms with Crippen LogP contribution in [0.3, 0.4) is 0 Å². The summed E-state index contributed by atoms with van der Waals surface area (Å²) in [5, 5.41) is 5.07. The number of rotatable bonds is 2. The van der Waals surface area contributed by atoms with Crippen LogP contribution >= 0.6 is 0 Å². The molecule has 104 valence electrons. The second-order valence-electron chi connectivity index (χ2n) is 5.32. The van der Waals surface area contributed by atoms with Gasteiger partial charge < -0.3 is 0 Å². The molecule has 0 fully saturated rings. The Balaban J connectivity index is 1.98. The minimum absolute atomic E-state index is 0.972. The number of pyridine rings is 1. The quantitative estimate of drug-likeness (QED) is 0.438. The lowest BCUT2D eigenvalue weighted by Gasteiger charge is -2.08. The summed E-state index contributed by atoms with van der Waals surface area (Å²) in [4.78, 5) is 4.37. The first kappa shape index (κ1) is 12.8. The van der Waals surface area contributed by atoms with E-state index in [0.717, 1.165) is 5.69 Å². The molecule has 0 spiro atoms. The second-order valence-corrected chi connectivity index (χ2v) is 5.32. The standard InChI is InChI=1S/C21H15N/c1-3-10-19-16(7-1)15-17-8-2-4-11-20(17)21(19)13-12-18-9-5-6-14-22-18/h1-15H. The topological polar surface area (TPSA) is 12.9 Å². The first-order valence-electron chi connectivity index (χ1n) is 7.41. The molecular formula is C21H15N. The van der Waals surface area contributed by atoms with E-state index < -0.39 is 0 Å². The number of aromatic nitrogens is 1. The molecule has 0 amide bonds. The zero-order valence-corrected chi connectivity index (χ0v) is 12.1. The van der Waals surface area contributed by atoms with Crippen molar-refractivity contribution in [2.75, 3.05) is 0 Å². The van der Waals surface area contributed by atoms with Gasteiger partial charge in [-0.2, -0.15) is 0 Å². The van der Waals surface area contributed by atoms with Crippen LogP contribution in [0, 0.1) is 0 Å². The van der Waals surface area contributed by atoms with Crippen molar-refractivity contribution >= 4 is 33.7 Å². The van der Waals surface area contributed by atoms with Crippen LogP contribution in [0.15, 0.2) is 79.0 Å². The Morgan fingerprint density at radius 3 is 1.91 bits per heavy atom. The summed E-state index contributed by atoms with van der Waals surface area (Å²) in [5.74, 6) is 0. The van der Waals surface area contributed by atoms with Gasteiger partial charge in [0.1, 0.15) is 0 Å². The predicted octanol–water partition coefficient (Wildman–Crippen LogP) is 5.56. The van der Waals surface area contributed by atoms with Gasteiger partial charge in [-0.15, -0.1) is 0 Å². The Kier molecular flexibility index (Phi) is 3.17. The number of fused-ring (bicyclic) bond motifs is 2. The highest BCUT2D eigenvalue weighted by atomic mass is 14.6. The molecule has 0 N–H and O–H groups in total. The highest BCUT2D eigenvalue weighted by molar-refractivity contribution is 6.07. The molecule has 3 aromatic carbocycles. The SMILES string of the molecule is C(=Cc1c2ccccc2cc2ccccc12)c1ccccn1. The van der Waals surface area contributed by atoms with Crippen LogP contribution in [-0.2, 0) is 0 Å². The van der Waals surface area contributed by atoms with Crippen molar-refractivity contribution in [2.24, 2.45) is 0 Å². The van der Waals surface area contributed by atoms with Crippen LogP contribution in [-0.4, -0.2) is 4.98 Å². The largest absolute Gasteiger partial charge is 0.257 e. The van der Waals surface area contributed by atoms with Crippen molar-refractivity contribution in [1.82, 2.24) is 4.98 Å². The van der Waals surface area contributed by atoms with Gasteiger partial charge in [-0.1, -0.05) is 60.7 Å². The van der Waals surface area contributed by atoms with E-state index in [4.69, 9.17) is 0 Å². The second kappa shape index (κ2) is 5.45. The van der Waals surface area contributed by atoms with E-state index in [0.29, 0.717) is 0 Å². The maximum absolute atomic E-state index is 4.37. The van der Waals surface area contributed by atoms with E-state index >= 15 is 0 Å². The predicted molar refractivity (Wildman–Crippen MR) is 94.6 cm³/mol. The minimum Gasteiger partial charge on any atom is -0.257 e. The summed E-state index contributed by atoms with van der Waals surface area (Å²) in [7, 11) is 0. The molecule has 0 bridgehead atoms. The summed E-state index contributed by atoms with van der Waals surface area (Å²) >= 11 is 0. The first-order valence-corrected chi connectivity index (χ1v) is 7.41. The Morgan fingerprint density at radius 1 is 0.636 bits per heavy atom. The first-order chi connectivity index (χ1) is 10.9. The van der Waals surface area contributed by atoms with Crippen LogP contribution in [0.25, 0.3) is 33.7 Å². The number of benzene rings is 3. The molecule has 1 heterocycles. The van der Waals surface area contributed by atoms with Gasteiger partial charge in [0.2, 0.25) is 0 Å². The third-order valence-electron chi connectivity index (χ3n) is 3.92. The minimum atomic E-state index is 0.972. The van der Waals surface area contributed by atoms with Crippen molar-refractivity contribution in [3.05, 3.63) is 90.3 Å². The van der Waals surface area contributed by atoms with Crippen molar-refractivity contribution < 1.29 is 0 Å². The van der Waals surface area contributed by atoms with Crippen molar-refractivity contribution in [2.45, 2.75) is 0 Å². The molecule has 4 rings (SSSR count). The molecule has 22 heavy (non-hydrogen) atoms. The van der Waals surface area contributed by atoms with Crippen molar-refractivity contribution in [3.63, 3.8) is 0 Å². The highest BCUT2D eigenvalue weighted by Gasteiger charge is 2.04. The molecule has 0 atom stereocenters. The molecule has 0 aliphatic rings. The molecule has 0 unspecified atom stereocenters. The molecule has 0 saturated heterocycles. The van der Waals surface area contributed by atoms with Crippen LogP contribution in [0.1, 0.15) is 11.3 Å². The molecule has 1 aromatic heterocycles.